The summed E-state index contributed by atoms with van der Waals surface area (Å²) >= 11 is 15.1. The summed E-state index contributed by atoms with van der Waals surface area (Å²) in [6.07, 6.45) is 5.29. The molecule has 0 saturated carbocycles. The van der Waals surface area contributed by atoms with E-state index in [2.05, 4.69) is 31.2 Å². The van der Waals surface area contributed by atoms with E-state index in [1.165, 1.54) is 0 Å². The lowest BCUT2D eigenvalue weighted by Crippen LogP contribution is -2.03. The zero-order chi connectivity index (χ0) is 15.0. The van der Waals surface area contributed by atoms with E-state index in [1.54, 1.807) is 24.5 Å². The summed E-state index contributed by atoms with van der Waals surface area (Å²) in [6, 6.07) is 3.23. The van der Waals surface area contributed by atoms with Crippen molar-refractivity contribution in [3.63, 3.8) is 0 Å². The number of hydrogen-bond acceptors (Lipinski definition) is 4. The zero-order valence-electron chi connectivity index (χ0n) is 10.5. The van der Waals surface area contributed by atoms with E-state index >= 15 is 0 Å². The Kier molecular flexibility index (Phi) is 3.93. The Morgan fingerprint density at radius 2 is 1.90 bits per heavy atom. The maximum Gasteiger partial charge on any atom is 0.155 e. The molecule has 108 valence electrons. The van der Waals surface area contributed by atoms with Crippen LogP contribution in [0.1, 0.15) is 5.69 Å². The number of aromatic nitrogens is 3. The summed E-state index contributed by atoms with van der Waals surface area (Å²) in [6.45, 7) is 0.523. The van der Waals surface area contributed by atoms with Gasteiger partial charge in [-0.05, 0) is 28.1 Å². The van der Waals surface area contributed by atoms with Gasteiger partial charge in [0.05, 0.1) is 34.7 Å². The highest BCUT2D eigenvalue weighted by Gasteiger charge is 2.08. The van der Waals surface area contributed by atoms with Crippen LogP contribution in [0.15, 0.2) is 35.3 Å². The third kappa shape index (κ3) is 2.92. The lowest BCUT2D eigenvalue weighted by Gasteiger charge is -2.09. The van der Waals surface area contributed by atoms with Crippen molar-refractivity contribution in [1.29, 1.82) is 0 Å². The third-order valence-corrected chi connectivity index (χ3v) is 3.92. The predicted molar refractivity (Wildman–Crippen MR) is 86.1 cm³/mol. The highest BCUT2D eigenvalue weighted by Crippen LogP contribution is 2.34. The predicted octanol–water partition coefficient (Wildman–Crippen LogP) is 4.12. The Labute approximate surface area is 138 Å². The second-order valence-corrected chi connectivity index (χ2v) is 5.96. The van der Waals surface area contributed by atoms with Crippen LogP contribution < -0.4 is 5.32 Å². The molecule has 0 aliphatic rings. The van der Waals surface area contributed by atoms with E-state index in [-0.39, 0.29) is 15.8 Å². The number of nitrogens with zero attached hydrogens (tertiary/aromatic N) is 3. The van der Waals surface area contributed by atoms with Gasteiger partial charge in [0, 0.05) is 11.9 Å². The maximum atomic E-state index is 9.54. The number of phenolic OH excluding ortho intramolecular Hbond substituents is 1. The normalized spacial score (nSPS) is 11.0. The molecule has 0 amide bonds. The summed E-state index contributed by atoms with van der Waals surface area (Å²) in [5.41, 5.74) is 2.43. The number of phenols is 1. The fraction of sp³-hybridized carbons (Fsp3) is 0.0769. The van der Waals surface area contributed by atoms with Gasteiger partial charge in [-0.25, -0.2) is 9.97 Å². The summed E-state index contributed by atoms with van der Waals surface area (Å²) < 4.78 is 2.65. The molecule has 0 aliphatic heterocycles. The van der Waals surface area contributed by atoms with Crippen molar-refractivity contribution in [3.8, 4) is 5.75 Å². The van der Waals surface area contributed by atoms with Crippen LogP contribution in [0.4, 0.5) is 5.69 Å². The van der Waals surface area contributed by atoms with E-state index in [1.807, 2.05) is 10.6 Å². The van der Waals surface area contributed by atoms with Crippen molar-refractivity contribution in [3.05, 3.63) is 51.1 Å². The van der Waals surface area contributed by atoms with E-state index in [0.717, 1.165) is 15.9 Å². The number of fused-ring (bicyclic) bond motifs is 1. The smallest absolute Gasteiger partial charge is 0.155 e. The largest absolute Gasteiger partial charge is 0.505 e. The first kappa shape index (κ1) is 14.4. The Bertz CT molecular complexity index is 798. The van der Waals surface area contributed by atoms with Crippen molar-refractivity contribution in [1.82, 2.24) is 14.4 Å². The molecule has 21 heavy (non-hydrogen) atoms. The molecule has 2 heterocycles. The van der Waals surface area contributed by atoms with Crippen molar-refractivity contribution in [2.45, 2.75) is 6.54 Å². The van der Waals surface area contributed by atoms with Gasteiger partial charge in [-0.15, -0.1) is 0 Å². The molecule has 0 saturated heterocycles. The summed E-state index contributed by atoms with van der Waals surface area (Å²) in [5.74, 6) is -0.117. The van der Waals surface area contributed by atoms with Gasteiger partial charge in [-0.3, -0.25) is 4.40 Å². The first-order valence-corrected chi connectivity index (χ1v) is 7.49. The second kappa shape index (κ2) is 5.71. The Morgan fingerprint density at radius 3 is 2.62 bits per heavy atom. The highest BCUT2D eigenvalue weighted by atomic mass is 79.9. The van der Waals surface area contributed by atoms with Crippen LogP contribution >= 0.6 is 39.1 Å². The lowest BCUT2D eigenvalue weighted by molar-refractivity contribution is 0.476. The minimum atomic E-state index is -0.117. The number of benzene rings is 1. The number of hydrogen-bond donors (Lipinski definition) is 2. The number of nitrogens with one attached hydrogen (secondary N) is 1. The minimum Gasteiger partial charge on any atom is -0.505 e. The molecule has 0 radical (unpaired) electrons. The molecule has 0 aliphatic carbocycles. The maximum absolute atomic E-state index is 9.54. The van der Waals surface area contributed by atoms with Gasteiger partial charge < -0.3 is 10.4 Å². The Morgan fingerprint density at radius 1 is 1.19 bits per heavy atom. The molecule has 3 aromatic rings. The molecular formula is C13H9BrCl2N4O. The van der Waals surface area contributed by atoms with Crippen LogP contribution in [-0.2, 0) is 6.54 Å². The Hall–Kier alpha value is -1.50. The van der Waals surface area contributed by atoms with Gasteiger partial charge in [0.1, 0.15) is 4.60 Å². The molecule has 0 fully saturated rings. The quantitative estimate of drug-likeness (QED) is 0.663. The first-order chi connectivity index (χ1) is 10.0. The molecule has 3 rings (SSSR count). The highest BCUT2D eigenvalue weighted by molar-refractivity contribution is 9.10. The van der Waals surface area contributed by atoms with Crippen LogP contribution in [0.2, 0.25) is 10.0 Å². The van der Waals surface area contributed by atoms with Crippen LogP contribution in [-0.4, -0.2) is 19.5 Å². The molecule has 5 nitrogen and oxygen atoms in total. The number of rotatable bonds is 3. The minimum absolute atomic E-state index is 0.117. The first-order valence-electron chi connectivity index (χ1n) is 5.94. The fourth-order valence-corrected chi connectivity index (χ4v) is 2.70. The molecule has 0 atom stereocenters. The van der Waals surface area contributed by atoms with E-state index in [0.29, 0.717) is 12.2 Å². The summed E-state index contributed by atoms with van der Waals surface area (Å²) in [4.78, 5) is 8.39. The van der Waals surface area contributed by atoms with E-state index in [4.69, 9.17) is 23.2 Å². The van der Waals surface area contributed by atoms with Crippen molar-refractivity contribution in [2.75, 3.05) is 5.32 Å². The zero-order valence-corrected chi connectivity index (χ0v) is 13.6. The SMILES string of the molecule is Oc1c(Cl)cc(NCc2cnc3cnc(Br)cn23)cc1Cl. The van der Waals surface area contributed by atoms with Crippen LogP contribution in [0.5, 0.6) is 5.75 Å². The summed E-state index contributed by atoms with van der Waals surface area (Å²) in [5, 5.41) is 13.1. The van der Waals surface area contributed by atoms with Crippen LogP contribution in [0.25, 0.3) is 5.65 Å². The van der Waals surface area contributed by atoms with Crippen molar-refractivity contribution >= 4 is 50.5 Å². The van der Waals surface area contributed by atoms with Gasteiger partial charge in [0.2, 0.25) is 0 Å². The monoisotopic (exact) mass is 386 g/mol. The molecule has 2 aromatic heterocycles. The number of halogens is 3. The third-order valence-electron chi connectivity index (χ3n) is 2.93. The molecular weight excluding hydrogens is 379 g/mol. The van der Waals surface area contributed by atoms with E-state index in [9.17, 15) is 5.11 Å². The van der Waals surface area contributed by atoms with Crippen LogP contribution in [0.3, 0.4) is 0 Å². The summed E-state index contributed by atoms with van der Waals surface area (Å²) in [7, 11) is 0. The second-order valence-electron chi connectivity index (χ2n) is 4.33. The molecule has 1 aromatic carbocycles. The molecule has 2 N–H and O–H groups in total. The fourth-order valence-electron chi connectivity index (χ4n) is 1.91. The van der Waals surface area contributed by atoms with E-state index < -0.39 is 0 Å². The number of aromatic hydroxyl groups is 1. The number of imidazole rings is 1. The van der Waals surface area contributed by atoms with Crippen molar-refractivity contribution in [2.24, 2.45) is 0 Å². The van der Waals surface area contributed by atoms with Gasteiger partial charge in [0.25, 0.3) is 0 Å². The molecule has 8 heteroatoms. The van der Waals surface area contributed by atoms with Gasteiger partial charge in [-0.2, -0.15) is 0 Å². The standard InChI is InChI=1S/C13H9BrCl2N4O/c14-11-6-20-8(4-19-12(20)5-18-11)3-17-7-1-9(15)13(21)10(16)2-7/h1-2,4-6,17,21H,3H2. The molecule has 0 spiro atoms. The van der Waals surface area contributed by atoms with Gasteiger partial charge in [-0.1, -0.05) is 23.2 Å². The topological polar surface area (TPSA) is 62.5 Å². The van der Waals surface area contributed by atoms with Crippen molar-refractivity contribution < 1.29 is 5.11 Å². The van der Waals surface area contributed by atoms with Gasteiger partial charge >= 0.3 is 0 Å². The molecule has 0 bridgehead atoms. The average molecular weight is 388 g/mol. The average Bonchev–Trinajstić information content (AvgIpc) is 2.84. The Balaban J connectivity index is 1.85. The van der Waals surface area contributed by atoms with Crippen LogP contribution in [0, 0.1) is 0 Å². The molecule has 0 unspecified atom stereocenters. The van der Waals surface area contributed by atoms with Gasteiger partial charge in [0.15, 0.2) is 11.4 Å². The number of anilines is 1. The lowest BCUT2D eigenvalue weighted by atomic mass is 10.3.